The Balaban J connectivity index is 1.82. The highest BCUT2D eigenvalue weighted by Gasteiger charge is 2.34. The molecular formula is C36H49F2N3O5. The maximum absolute atomic E-state index is 14.1. The molecule has 0 radical (unpaired) electrons. The van der Waals surface area contributed by atoms with Crippen molar-refractivity contribution in [1.29, 1.82) is 0 Å². The third kappa shape index (κ3) is 9.95. The summed E-state index contributed by atoms with van der Waals surface area (Å²) in [5, 5.41) is 17.8. The zero-order chi connectivity index (χ0) is 33.8. The second-order valence-corrected chi connectivity index (χ2v) is 12.0. The molecule has 0 unspecified atom stereocenters. The molecule has 2 aromatic rings. The number of nitrogens with one attached hydrogen (secondary N) is 2. The molecule has 0 spiro atoms. The largest absolute Gasteiger partial charge is 0.497 e. The van der Waals surface area contributed by atoms with Crippen LogP contribution in [0.25, 0.3) is 0 Å². The Hall–Kier alpha value is -3.60. The van der Waals surface area contributed by atoms with Crippen molar-refractivity contribution in [2.75, 3.05) is 27.3 Å². The number of carbonyl (C=O) groups excluding carboxylic acids is 2. The van der Waals surface area contributed by atoms with E-state index in [2.05, 4.69) is 30.7 Å². The van der Waals surface area contributed by atoms with E-state index in [1.165, 1.54) is 17.0 Å². The average molecular weight is 642 g/mol. The highest BCUT2D eigenvalue weighted by Crippen LogP contribution is 2.42. The van der Waals surface area contributed by atoms with Crippen molar-refractivity contribution in [1.82, 2.24) is 15.5 Å². The molecule has 0 bridgehead atoms. The minimum absolute atomic E-state index is 0.0468. The predicted molar refractivity (Wildman–Crippen MR) is 175 cm³/mol. The summed E-state index contributed by atoms with van der Waals surface area (Å²) < 4.78 is 39.7. The van der Waals surface area contributed by atoms with Gasteiger partial charge in [-0.05, 0) is 66.6 Å². The van der Waals surface area contributed by atoms with Gasteiger partial charge in [0.1, 0.15) is 23.4 Å². The summed E-state index contributed by atoms with van der Waals surface area (Å²) in [6, 6.07) is 6.88. The standard InChI is InChI=1S/C36H49F2N3O5/c1-7-10-12-23(4)36(44)41(5)32(11-8-2)35(43)40-31(18-24-16-25(37)19-26(38)17-24)33(42)22-39-30-21-34(46-15-9-3)28-14-13-27(45-6)20-29(28)30/h8-9,13-14,16-17,19-20,23,30-34,39,42H,2-3,7,10-12,15,18,21-22H2,1,4-6H3,(H,40,43)/t23-,30-,31-,32-,33+,34-/m0/s1. The van der Waals surface area contributed by atoms with E-state index < -0.39 is 35.7 Å². The fourth-order valence-electron chi connectivity index (χ4n) is 5.96. The fourth-order valence-corrected chi connectivity index (χ4v) is 5.96. The number of aliphatic hydroxyl groups excluding tert-OH is 1. The SMILES string of the molecule is C=CCO[C@H]1C[C@H](NC[C@@H](O)[C@H](Cc2cc(F)cc(F)c2)NC(=O)[C@H](CC=C)N(C)C(=O)[C@@H](C)CCCC)c2cc(OC)ccc21. The van der Waals surface area contributed by atoms with Gasteiger partial charge in [-0.3, -0.25) is 9.59 Å². The lowest BCUT2D eigenvalue weighted by atomic mass is 9.98. The van der Waals surface area contributed by atoms with Crippen LogP contribution in [-0.2, 0) is 20.7 Å². The van der Waals surface area contributed by atoms with Crippen LogP contribution in [0, 0.1) is 17.6 Å². The van der Waals surface area contributed by atoms with Crippen molar-refractivity contribution in [3.8, 4) is 5.75 Å². The Morgan fingerprint density at radius 3 is 2.48 bits per heavy atom. The van der Waals surface area contributed by atoms with Crippen LogP contribution in [0.5, 0.6) is 5.75 Å². The van der Waals surface area contributed by atoms with Crippen molar-refractivity contribution in [3.05, 3.63) is 90.0 Å². The molecule has 3 N–H and O–H groups in total. The second kappa shape index (κ2) is 17.9. The molecule has 0 saturated heterocycles. The second-order valence-electron chi connectivity index (χ2n) is 12.0. The number of halogens is 2. The number of benzene rings is 2. The van der Waals surface area contributed by atoms with Crippen LogP contribution < -0.4 is 15.4 Å². The molecule has 0 heterocycles. The Morgan fingerprint density at radius 1 is 1.13 bits per heavy atom. The number of hydrogen-bond donors (Lipinski definition) is 3. The molecule has 1 aliphatic rings. The van der Waals surface area contributed by atoms with E-state index in [1.807, 2.05) is 25.1 Å². The van der Waals surface area contributed by atoms with E-state index in [0.29, 0.717) is 25.2 Å². The van der Waals surface area contributed by atoms with Gasteiger partial charge in [0.05, 0.1) is 32.0 Å². The molecular weight excluding hydrogens is 592 g/mol. The number of unbranched alkanes of at least 4 members (excludes halogenated alkanes) is 1. The van der Waals surface area contributed by atoms with Crippen LogP contribution in [0.4, 0.5) is 8.78 Å². The van der Waals surface area contributed by atoms with Crippen molar-refractivity contribution >= 4 is 11.8 Å². The first-order valence-electron chi connectivity index (χ1n) is 16.0. The van der Waals surface area contributed by atoms with E-state index in [9.17, 15) is 23.5 Å². The van der Waals surface area contributed by atoms with E-state index in [-0.39, 0.29) is 48.9 Å². The highest BCUT2D eigenvalue weighted by molar-refractivity contribution is 5.88. The predicted octanol–water partition coefficient (Wildman–Crippen LogP) is 5.57. The van der Waals surface area contributed by atoms with Crippen molar-refractivity contribution in [3.63, 3.8) is 0 Å². The lowest BCUT2D eigenvalue weighted by molar-refractivity contribution is -0.142. The number of fused-ring (bicyclic) bond motifs is 1. The molecule has 2 aromatic carbocycles. The lowest BCUT2D eigenvalue weighted by Crippen LogP contribution is -2.55. The third-order valence-corrected chi connectivity index (χ3v) is 8.54. The maximum atomic E-state index is 14.1. The smallest absolute Gasteiger partial charge is 0.243 e. The number of nitrogens with zero attached hydrogens (tertiary/aromatic N) is 1. The molecule has 0 aliphatic heterocycles. The van der Waals surface area contributed by atoms with Crippen LogP contribution >= 0.6 is 0 Å². The summed E-state index contributed by atoms with van der Waals surface area (Å²) in [5.41, 5.74) is 2.24. The molecule has 0 aromatic heterocycles. The Labute approximate surface area is 271 Å². The molecule has 1 aliphatic carbocycles. The van der Waals surface area contributed by atoms with Gasteiger partial charge in [-0.2, -0.15) is 0 Å². The van der Waals surface area contributed by atoms with Gasteiger partial charge in [0, 0.05) is 31.6 Å². The van der Waals surface area contributed by atoms with Gasteiger partial charge in [0.15, 0.2) is 0 Å². The summed E-state index contributed by atoms with van der Waals surface area (Å²) in [6.07, 6.45) is 5.20. The van der Waals surface area contributed by atoms with Crippen molar-refractivity contribution in [2.45, 2.75) is 82.7 Å². The van der Waals surface area contributed by atoms with Crippen LogP contribution in [0.3, 0.4) is 0 Å². The van der Waals surface area contributed by atoms with Crippen molar-refractivity contribution in [2.24, 2.45) is 5.92 Å². The zero-order valence-electron chi connectivity index (χ0n) is 27.4. The number of amides is 2. The number of rotatable bonds is 19. The van der Waals surface area contributed by atoms with Crippen LogP contribution in [0.2, 0.25) is 0 Å². The topological polar surface area (TPSA) is 100 Å². The molecule has 8 nitrogen and oxygen atoms in total. The maximum Gasteiger partial charge on any atom is 0.243 e. The average Bonchev–Trinajstić information content (AvgIpc) is 3.38. The number of methoxy groups -OCH3 is 1. The van der Waals surface area contributed by atoms with Crippen LogP contribution in [-0.4, -0.2) is 67.3 Å². The molecule has 10 heteroatoms. The van der Waals surface area contributed by atoms with E-state index in [4.69, 9.17) is 9.47 Å². The molecule has 6 atom stereocenters. The molecule has 252 valence electrons. The normalized spacial score (nSPS) is 18.2. The Bertz CT molecular complexity index is 1320. The van der Waals surface area contributed by atoms with Crippen LogP contribution in [0.15, 0.2) is 61.7 Å². The summed E-state index contributed by atoms with van der Waals surface area (Å²) in [4.78, 5) is 28.3. The fraction of sp³-hybridized carbons (Fsp3) is 0.500. The van der Waals surface area contributed by atoms with E-state index in [0.717, 1.165) is 30.0 Å². The Morgan fingerprint density at radius 2 is 1.85 bits per heavy atom. The van der Waals surface area contributed by atoms with Crippen LogP contribution in [0.1, 0.15) is 74.8 Å². The monoisotopic (exact) mass is 641 g/mol. The molecule has 0 saturated carbocycles. The number of ether oxygens (including phenoxy) is 2. The van der Waals surface area contributed by atoms with Gasteiger partial charge < -0.3 is 30.1 Å². The first-order valence-corrected chi connectivity index (χ1v) is 16.0. The third-order valence-electron chi connectivity index (χ3n) is 8.54. The zero-order valence-corrected chi connectivity index (χ0v) is 27.4. The first kappa shape index (κ1) is 36.9. The van der Waals surface area contributed by atoms with Gasteiger partial charge in [0.25, 0.3) is 0 Å². The Kier molecular flexibility index (Phi) is 14.4. The lowest BCUT2D eigenvalue weighted by Gasteiger charge is -2.32. The number of hydrogen-bond acceptors (Lipinski definition) is 6. The number of aliphatic hydroxyl groups is 1. The van der Waals surface area contributed by atoms with E-state index >= 15 is 0 Å². The molecule has 0 fully saturated rings. The minimum atomic E-state index is -1.16. The molecule has 46 heavy (non-hydrogen) atoms. The summed E-state index contributed by atoms with van der Waals surface area (Å²) >= 11 is 0. The van der Waals surface area contributed by atoms with E-state index in [1.54, 1.807) is 26.3 Å². The number of likely N-dealkylation sites (N-methyl/N-ethyl adjacent to an activating group) is 1. The summed E-state index contributed by atoms with van der Waals surface area (Å²) in [6.45, 7) is 11.8. The van der Waals surface area contributed by atoms with Gasteiger partial charge in [-0.15, -0.1) is 13.2 Å². The minimum Gasteiger partial charge on any atom is -0.497 e. The van der Waals surface area contributed by atoms with Crippen molar-refractivity contribution < 1.29 is 33.0 Å². The number of carbonyl (C=O) groups is 2. The van der Waals surface area contributed by atoms with Gasteiger partial charge in [-0.1, -0.05) is 44.9 Å². The summed E-state index contributed by atoms with van der Waals surface area (Å²) in [5.74, 6) is -1.75. The van der Waals surface area contributed by atoms with Gasteiger partial charge >= 0.3 is 0 Å². The van der Waals surface area contributed by atoms with Gasteiger partial charge in [-0.25, -0.2) is 8.78 Å². The van der Waals surface area contributed by atoms with Gasteiger partial charge in [0.2, 0.25) is 11.8 Å². The first-order chi connectivity index (χ1) is 22.0. The summed E-state index contributed by atoms with van der Waals surface area (Å²) in [7, 11) is 3.18. The molecule has 2 amide bonds. The quantitative estimate of drug-likeness (QED) is 0.174. The molecule has 3 rings (SSSR count). The highest BCUT2D eigenvalue weighted by atomic mass is 19.1.